The molecule has 9 rings (SSSR count). The summed E-state index contributed by atoms with van der Waals surface area (Å²) in [5.74, 6) is 1.81. The number of carbonyl (C=O) groups excluding carboxylic acids is 3. The largest absolute Gasteiger partial charge is 0.488 e. The van der Waals surface area contributed by atoms with E-state index in [9.17, 15) is 19.6 Å². The fourth-order valence-corrected chi connectivity index (χ4v) is 10.6. The van der Waals surface area contributed by atoms with Crippen molar-refractivity contribution in [2.45, 2.75) is 78.0 Å². The molecule has 3 aliphatic heterocycles. The number of hydrogen-bond acceptors (Lipinski definition) is 10. The van der Waals surface area contributed by atoms with Gasteiger partial charge in [-0.15, -0.1) is 0 Å². The van der Waals surface area contributed by atoms with E-state index in [4.69, 9.17) is 14.8 Å². The molecule has 0 unspecified atom stereocenters. The molecule has 0 atom stereocenters. The molecule has 310 valence electrons. The van der Waals surface area contributed by atoms with Crippen molar-refractivity contribution in [1.82, 2.24) is 35.3 Å². The van der Waals surface area contributed by atoms with Crippen molar-refractivity contribution in [3.63, 3.8) is 0 Å². The van der Waals surface area contributed by atoms with Crippen LogP contribution in [0.3, 0.4) is 0 Å². The Hall–Kier alpha value is -6.07. The maximum absolute atomic E-state index is 13.6. The Bertz CT molecular complexity index is 2480. The molecule has 14 nitrogen and oxygen atoms in total. The van der Waals surface area contributed by atoms with E-state index < -0.39 is 0 Å². The number of nitrogens with one attached hydrogen (secondary N) is 2. The molecular weight excluding hydrogens is 757 g/mol. The maximum atomic E-state index is 13.6. The molecule has 4 fully saturated rings. The molecule has 0 spiro atoms. The molecule has 3 aromatic heterocycles. The molecule has 14 heteroatoms. The Labute approximate surface area is 349 Å². The van der Waals surface area contributed by atoms with Crippen molar-refractivity contribution in [3.05, 3.63) is 84.3 Å². The van der Waals surface area contributed by atoms with Gasteiger partial charge in [0.1, 0.15) is 23.7 Å². The summed E-state index contributed by atoms with van der Waals surface area (Å²) in [6.45, 7) is 13.8. The Morgan fingerprint density at radius 2 is 1.68 bits per heavy atom. The maximum Gasteiger partial charge on any atom is 0.328 e. The van der Waals surface area contributed by atoms with Crippen LogP contribution in [-0.4, -0.2) is 93.9 Å². The van der Waals surface area contributed by atoms with Crippen LogP contribution in [0.2, 0.25) is 0 Å². The summed E-state index contributed by atoms with van der Waals surface area (Å²) in [6, 6.07) is 19.2. The van der Waals surface area contributed by atoms with E-state index in [2.05, 4.69) is 69.9 Å². The standard InChI is InChI=1S/C46H52N10O4/c1-45(2)42(46(3,4)43(45)60-37-12-10-30(25-47)40-33(37)7-6-19-48-40)52-41(58)31-11-13-38(49-26-31)54-22-14-29(15-23-54)28-53-20-16-32(17-21-53)56-36-9-5-8-35(34(36)27-50-56)55-24-18-39(57)51-44(55)59/h5-13,19,26-27,29,32,42-43H,14-18,20-24,28H2,1-4H3,(H,52,58)(H,51,57,59). The topological polar surface area (TPSA) is 162 Å². The SMILES string of the molecule is CC1(C)C(NC(=O)c2ccc(N3CCC(CN4CCC(n5ncc6c(N7CCC(=O)NC7=O)cccc65)CC4)CC3)nc2)C(C)(C)C1Oc1ccc(C#N)c2ncccc12. The smallest absolute Gasteiger partial charge is 0.328 e. The highest BCUT2D eigenvalue weighted by Gasteiger charge is 2.64. The molecule has 4 aliphatic rings. The molecule has 0 bridgehead atoms. The number of fused-ring (bicyclic) bond motifs is 2. The third kappa shape index (κ3) is 7.08. The summed E-state index contributed by atoms with van der Waals surface area (Å²) in [4.78, 5) is 53.6. The van der Waals surface area contributed by atoms with Gasteiger partial charge in [-0.1, -0.05) is 33.8 Å². The van der Waals surface area contributed by atoms with E-state index >= 15 is 0 Å². The summed E-state index contributed by atoms with van der Waals surface area (Å²) in [6.07, 6.45) is 9.55. The number of benzene rings is 2. The van der Waals surface area contributed by atoms with E-state index in [1.165, 1.54) is 0 Å². The lowest BCUT2D eigenvalue weighted by atomic mass is 9.49. The molecule has 2 aromatic carbocycles. The van der Waals surface area contributed by atoms with Crippen LogP contribution in [0.4, 0.5) is 16.3 Å². The van der Waals surface area contributed by atoms with Gasteiger partial charge in [-0.3, -0.25) is 29.5 Å². The number of urea groups is 1. The third-order valence-electron chi connectivity index (χ3n) is 13.5. The Kier molecular flexibility index (Phi) is 10.2. The second kappa shape index (κ2) is 15.5. The first-order chi connectivity index (χ1) is 28.9. The van der Waals surface area contributed by atoms with Crippen LogP contribution >= 0.6 is 0 Å². The van der Waals surface area contributed by atoms with Crippen molar-refractivity contribution in [3.8, 4) is 11.8 Å². The Morgan fingerprint density at radius 3 is 2.40 bits per heavy atom. The number of nitriles is 1. The fourth-order valence-electron chi connectivity index (χ4n) is 10.6. The van der Waals surface area contributed by atoms with Crippen LogP contribution in [0.25, 0.3) is 21.8 Å². The van der Waals surface area contributed by atoms with Crippen molar-refractivity contribution in [2.24, 2.45) is 16.7 Å². The van der Waals surface area contributed by atoms with Crippen LogP contribution in [0, 0.1) is 28.1 Å². The first-order valence-corrected chi connectivity index (χ1v) is 21.2. The quantitative estimate of drug-likeness (QED) is 0.169. The molecule has 4 amide bonds. The van der Waals surface area contributed by atoms with Gasteiger partial charge in [0.05, 0.1) is 40.1 Å². The van der Waals surface area contributed by atoms with E-state index in [1.807, 2.05) is 48.7 Å². The van der Waals surface area contributed by atoms with Gasteiger partial charge in [0.25, 0.3) is 5.91 Å². The number of aromatic nitrogens is 4. The summed E-state index contributed by atoms with van der Waals surface area (Å²) in [7, 11) is 0. The second-order valence-electron chi connectivity index (χ2n) is 18.1. The molecule has 6 heterocycles. The van der Waals surface area contributed by atoms with E-state index in [0.717, 1.165) is 86.2 Å². The van der Waals surface area contributed by atoms with Crippen LogP contribution in [0.15, 0.2) is 73.2 Å². The Morgan fingerprint density at radius 1 is 0.900 bits per heavy atom. The third-order valence-corrected chi connectivity index (χ3v) is 13.5. The highest BCUT2D eigenvalue weighted by molar-refractivity contribution is 6.09. The van der Waals surface area contributed by atoms with Gasteiger partial charge in [0.2, 0.25) is 5.91 Å². The highest BCUT2D eigenvalue weighted by atomic mass is 16.5. The number of nitrogens with zero attached hydrogens (tertiary/aromatic N) is 8. The van der Waals surface area contributed by atoms with Gasteiger partial charge < -0.3 is 19.9 Å². The minimum Gasteiger partial charge on any atom is -0.488 e. The average Bonchev–Trinajstić information content (AvgIpc) is 3.70. The molecule has 5 aromatic rings. The van der Waals surface area contributed by atoms with Gasteiger partial charge >= 0.3 is 6.03 Å². The fraction of sp³-hybridized carbons (Fsp3) is 0.457. The van der Waals surface area contributed by atoms with Crippen LogP contribution in [0.1, 0.15) is 81.8 Å². The number of imide groups is 1. The van der Waals surface area contributed by atoms with Gasteiger partial charge in [-0.05, 0) is 80.1 Å². The minimum atomic E-state index is -0.380. The molecule has 1 saturated carbocycles. The van der Waals surface area contributed by atoms with Crippen LogP contribution in [-0.2, 0) is 4.79 Å². The lowest BCUT2D eigenvalue weighted by Gasteiger charge is -2.63. The zero-order valence-electron chi connectivity index (χ0n) is 34.7. The summed E-state index contributed by atoms with van der Waals surface area (Å²) in [5.41, 5.74) is 2.74. The lowest BCUT2D eigenvalue weighted by molar-refractivity contribution is -0.163. The van der Waals surface area contributed by atoms with Gasteiger partial charge in [-0.25, -0.2) is 9.78 Å². The molecule has 1 aliphatic carbocycles. The van der Waals surface area contributed by atoms with Gasteiger partial charge in [-0.2, -0.15) is 10.4 Å². The van der Waals surface area contributed by atoms with E-state index in [-0.39, 0.29) is 47.2 Å². The van der Waals surface area contributed by atoms with E-state index in [0.29, 0.717) is 40.9 Å². The number of rotatable bonds is 9. The second-order valence-corrected chi connectivity index (χ2v) is 18.1. The first-order valence-electron chi connectivity index (χ1n) is 21.2. The van der Waals surface area contributed by atoms with Crippen molar-refractivity contribution in [2.75, 3.05) is 49.1 Å². The molecule has 2 N–H and O–H groups in total. The molecule has 60 heavy (non-hydrogen) atoms. The normalized spacial score (nSPS) is 22.3. The van der Waals surface area contributed by atoms with E-state index in [1.54, 1.807) is 23.4 Å². The van der Waals surface area contributed by atoms with Crippen LogP contribution < -0.4 is 25.2 Å². The average molecular weight is 809 g/mol. The number of hydrogen-bond donors (Lipinski definition) is 2. The monoisotopic (exact) mass is 808 g/mol. The predicted octanol–water partition coefficient (Wildman–Crippen LogP) is 6.46. The minimum absolute atomic E-state index is 0.140. The number of amides is 4. The number of pyridine rings is 2. The van der Waals surface area contributed by atoms with Gasteiger partial charge in [0.15, 0.2) is 0 Å². The number of piperidine rings is 2. The number of anilines is 2. The predicted molar refractivity (Wildman–Crippen MR) is 229 cm³/mol. The number of ether oxygens (including phenoxy) is 1. The van der Waals surface area contributed by atoms with Crippen LogP contribution in [0.5, 0.6) is 5.75 Å². The highest BCUT2D eigenvalue weighted by Crippen LogP contribution is 2.56. The van der Waals surface area contributed by atoms with Crippen molar-refractivity contribution < 1.29 is 19.1 Å². The molecular formula is C46H52N10O4. The molecule has 0 radical (unpaired) electrons. The van der Waals surface area contributed by atoms with Crippen molar-refractivity contribution in [1.29, 1.82) is 5.26 Å². The van der Waals surface area contributed by atoms with Crippen molar-refractivity contribution >= 4 is 51.2 Å². The summed E-state index contributed by atoms with van der Waals surface area (Å²) >= 11 is 0. The zero-order chi connectivity index (χ0) is 41.8. The number of likely N-dealkylation sites (tertiary alicyclic amines) is 1. The number of carbonyl (C=O) groups is 3. The summed E-state index contributed by atoms with van der Waals surface area (Å²) in [5, 5.41) is 21.8. The first kappa shape index (κ1) is 39.4. The zero-order valence-corrected chi connectivity index (χ0v) is 34.7. The molecule has 3 saturated heterocycles. The lowest BCUT2D eigenvalue weighted by Crippen LogP contribution is -2.74. The summed E-state index contributed by atoms with van der Waals surface area (Å²) < 4.78 is 8.79. The van der Waals surface area contributed by atoms with Gasteiger partial charge in [0, 0.05) is 85.7 Å². The Balaban J connectivity index is 0.751.